The number of halogens is 3. The van der Waals surface area contributed by atoms with Crippen molar-refractivity contribution in [2.24, 2.45) is 5.73 Å². The third-order valence-corrected chi connectivity index (χ3v) is 5.31. The first kappa shape index (κ1) is 19.1. The zero-order valence-electron chi connectivity index (χ0n) is 13.1. The molecule has 2 rings (SSSR count). The van der Waals surface area contributed by atoms with Crippen LogP contribution in [0.4, 0.5) is 13.2 Å². The molecule has 0 saturated heterocycles. The zero-order chi connectivity index (χ0) is 18.7. The molecule has 2 aromatic carbocycles. The fraction of sp³-hybridized carbons (Fsp3) is 0.235. The van der Waals surface area contributed by atoms with Gasteiger partial charge in [-0.05, 0) is 36.2 Å². The van der Waals surface area contributed by atoms with Gasteiger partial charge in [0.25, 0.3) is 0 Å². The lowest BCUT2D eigenvalue weighted by molar-refractivity contribution is -0.137. The van der Waals surface area contributed by atoms with Gasteiger partial charge < -0.3 is 5.73 Å². The standard InChI is InChI=1S/C17H17F3N2O2S/c18-17(19,20)13-6-8-15(9-7-13)25(23,24)16(22)11-14(21)10-12-4-2-1-3-5-12/h1-9,14,22H,10-11,21H2. The van der Waals surface area contributed by atoms with Crippen LogP contribution < -0.4 is 5.73 Å². The maximum atomic E-state index is 12.5. The van der Waals surface area contributed by atoms with Gasteiger partial charge in [0.15, 0.2) is 0 Å². The van der Waals surface area contributed by atoms with Crippen molar-refractivity contribution in [2.75, 3.05) is 0 Å². The van der Waals surface area contributed by atoms with E-state index in [4.69, 9.17) is 11.1 Å². The molecule has 3 N–H and O–H groups in total. The van der Waals surface area contributed by atoms with Crippen molar-refractivity contribution in [3.63, 3.8) is 0 Å². The topological polar surface area (TPSA) is 84.0 Å². The van der Waals surface area contributed by atoms with Crippen LogP contribution in [0.2, 0.25) is 0 Å². The SMILES string of the molecule is N=C(CC(N)Cc1ccccc1)S(=O)(=O)c1ccc(C(F)(F)F)cc1. The number of alkyl halides is 3. The van der Waals surface area contributed by atoms with Crippen LogP contribution in [0.25, 0.3) is 0 Å². The van der Waals surface area contributed by atoms with Gasteiger partial charge in [0, 0.05) is 12.5 Å². The highest BCUT2D eigenvalue weighted by Gasteiger charge is 2.31. The molecule has 0 radical (unpaired) electrons. The van der Waals surface area contributed by atoms with Crippen molar-refractivity contribution in [2.45, 2.75) is 30.0 Å². The molecule has 4 nitrogen and oxygen atoms in total. The number of benzene rings is 2. The molecule has 0 aliphatic carbocycles. The van der Waals surface area contributed by atoms with Gasteiger partial charge >= 0.3 is 6.18 Å². The van der Waals surface area contributed by atoms with E-state index in [-0.39, 0.29) is 11.3 Å². The Morgan fingerprint density at radius 3 is 2.12 bits per heavy atom. The van der Waals surface area contributed by atoms with E-state index in [1.807, 2.05) is 30.3 Å². The summed E-state index contributed by atoms with van der Waals surface area (Å²) in [7, 11) is -4.15. The van der Waals surface area contributed by atoms with Gasteiger partial charge in [-0.3, -0.25) is 5.41 Å². The van der Waals surface area contributed by atoms with E-state index in [1.54, 1.807) is 0 Å². The summed E-state index contributed by atoms with van der Waals surface area (Å²) in [6.45, 7) is 0. The Labute approximate surface area is 143 Å². The summed E-state index contributed by atoms with van der Waals surface area (Å²) in [6, 6.07) is 11.7. The van der Waals surface area contributed by atoms with Crippen LogP contribution in [0, 0.1) is 5.41 Å². The summed E-state index contributed by atoms with van der Waals surface area (Å²) in [6.07, 6.45) is -4.35. The molecule has 8 heteroatoms. The summed E-state index contributed by atoms with van der Waals surface area (Å²) >= 11 is 0. The Bertz CT molecular complexity index is 832. The minimum absolute atomic E-state index is 0.196. The number of hydrogen-bond donors (Lipinski definition) is 2. The minimum Gasteiger partial charge on any atom is -0.327 e. The summed E-state index contributed by atoms with van der Waals surface area (Å²) in [5, 5.41) is 7.20. The number of nitrogens with one attached hydrogen (secondary N) is 1. The van der Waals surface area contributed by atoms with Crippen molar-refractivity contribution in [3.8, 4) is 0 Å². The van der Waals surface area contributed by atoms with Crippen molar-refractivity contribution in [3.05, 3.63) is 65.7 Å². The first-order valence-corrected chi connectivity index (χ1v) is 8.88. The Kier molecular flexibility index (Phi) is 5.64. The van der Waals surface area contributed by atoms with Gasteiger partial charge in [-0.15, -0.1) is 0 Å². The molecule has 0 aliphatic heterocycles. The first-order valence-electron chi connectivity index (χ1n) is 7.40. The third-order valence-electron chi connectivity index (χ3n) is 3.60. The molecule has 0 bridgehead atoms. The Hall–Kier alpha value is -2.19. The molecule has 2 aromatic rings. The minimum atomic E-state index is -4.55. The first-order chi connectivity index (χ1) is 11.6. The second-order valence-corrected chi connectivity index (χ2v) is 7.57. The molecule has 0 heterocycles. The van der Waals surface area contributed by atoms with E-state index in [0.29, 0.717) is 18.6 Å². The molecule has 25 heavy (non-hydrogen) atoms. The van der Waals surface area contributed by atoms with Crippen LogP contribution in [0.15, 0.2) is 59.5 Å². The molecule has 0 fully saturated rings. The second kappa shape index (κ2) is 7.37. The Balaban J connectivity index is 2.09. The molecule has 1 unspecified atom stereocenters. The molecular weight excluding hydrogens is 353 g/mol. The third kappa shape index (κ3) is 4.90. The smallest absolute Gasteiger partial charge is 0.327 e. The quantitative estimate of drug-likeness (QED) is 0.625. The summed E-state index contributed by atoms with van der Waals surface area (Å²) in [4.78, 5) is -0.350. The fourth-order valence-corrected chi connectivity index (χ4v) is 3.51. The lowest BCUT2D eigenvalue weighted by Gasteiger charge is -2.13. The number of rotatable bonds is 5. The molecule has 0 aliphatic rings. The van der Waals surface area contributed by atoms with Crippen LogP contribution in [0.3, 0.4) is 0 Å². The predicted molar refractivity (Wildman–Crippen MR) is 89.1 cm³/mol. The van der Waals surface area contributed by atoms with E-state index in [0.717, 1.165) is 17.7 Å². The van der Waals surface area contributed by atoms with Gasteiger partial charge in [-0.1, -0.05) is 30.3 Å². The van der Waals surface area contributed by atoms with E-state index in [9.17, 15) is 21.6 Å². The highest BCUT2D eigenvalue weighted by atomic mass is 32.2. The van der Waals surface area contributed by atoms with Gasteiger partial charge in [-0.25, -0.2) is 8.42 Å². The van der Waals surface area contributed by atoms with Crippen molar-refractivity contribution < 1.29 is 21.6 Å². The van der Waals surface area contributed by atoms with Crippen LogP contribution in [-0.2, 0) is 22.4 Å². The highest BCUT2D eigenvalue weighted by Crippen LogP contribution is 2.30. The number of sulfone groups is 1. The van der Waals surface area contributed by atoms with Crippen LogP contribution >= 0.6 is 0 Å². The van der Waals surface area contributed by atoms with Gasteiger partial charge in [0.05, 0.1) is 10.5 Å². The largest absolute Gasteiger partial charge is 0.416 e. The molecule has 1 atom stereocenters. The number of nitrogens with two attached hydrogens (primary N) is 1. The molecule has 0 saturated carbocycles. The van der Waals surface area contributed by atoms with Crippen molar-refractivity contribution >= 4 is 14.9 Å². The van der Waals surface area contributed by atoms with Crippen molar-refractivity contribution in [1.82, 2.24) is 0 Å². The highest BCUT2D eigenvalue weighted by molar-refractivity contribution is 8.06. The average Bonchev–Trinajstić information content (AvgIpc) is 2.55. The summed E-state index contributed by atoms with van der Waals surface area (Å²) in [5.74, 6) is 0. The zero-order valence-corrected chi connectivity index (χ0v) is 13.9. The van der Waals surface area contributed by atoms with Gasteiger partial charge in [0.2, 0.25) is 9.84 Å². The van der Waals surface area contributed by atoms with E-state index in [1.165, 1.54) is 0 Å². The normalized spacial score (nSPS) is 13.4. The number of hydrogen-bond acceptors (Lipinski definition) is 4. The summed E-state index contributed by atoms with van der Waals surface area (Å²) in [5.41, 5.74) is 5.87. The van der Waals surface area contributed by atoms with Crippen LogP contribution in [0.5, 0.6) is 0 Å². The van der Waals surface area contributed by atoms with Crippen LogP contribution in [0.1, 0.15) is 17.5 Å². The van der Waals surface area contributed by atoms with E-state index >= 15 is 0 Å². The van der Waals surface area contributed by atoms with Crippen molar-refractivity contribution in [1.29, 1.82) is 5.41 Å². The molecule has 0 aromatic heterocycles. The van der Waals surface area contributed by atoms with E-state index < -0.39 is 32.7 Å². The maximum Gasteiger partial charge on any atom is 0.416 e. The Morgan fingerprint density at radius 2 is 1.60 bits per heavy atom. The van der Waals surface area contributed by atoms with Crippen LogP contribution in [-0.4, -0.2) is 19.5 Å². The molecule has 0 amide bonds. The van der Waals surface area contributed by atoms with E-state index in [2.05, 4.69) is 0 Å². The molecule has 0 spiro atoms. The lowest BCUT2D eigenvalue weighted by atomic mass is 10.0. The second-order valence-electron chi connectivity index (χ2n) is 5.60. The maximum absolute atomic E-state index is 12.5. The predicted octanol–water partition coefficient (Wildman–Crippen LogP) is 3.42. The average molecular weight is 370 g/mol. The Morgan fingerprint density at radius 1 is 1.04 bits per heavy atom. The lowest BCUT2D eigenvalue weighted by Crippen LogP contribution is -2.29. The van der Waals surface area contributed by atoms with Gasteiger partial charge in [-0.2, -0.15) is 13.2 Å². The monoisotopic (exact) mass is 370 g/mol. The molecular formula is C17H17F3N2O2S. The fourth-order valence-electron chi connectivity index (χ4n) is 2.30. The summed E-state index contributed by atoms with van der Waals surface area (Å²) < 4.78 is 62.3. The van der Waals surface area contributed by atoms with Gasteiger partial charge in [0.1, 0.15) is 5.04 Å². The molecule has 134 valence electrons.